The summed E-state index contributed by atoms with van der Waals surface area (Å²) < 4.78 is 15.0. The van der Waals surface area contributed by atoms with Gasteiger partial charge in [0.2, 0.25) is 5.91 Å². The van der Waals surface area contributed by atoms with E-state index >= 15 is 0 Å². The fourth-order valence-electron chi connectivity index (χ4n) is 2.02. The third-order valence-electron chi connectivity index (χ3n) is 3.15. The highest BCUT2D eigenvalue weighted by Crippen LogP contribution is 2.27. The molecular formula is C14H18N2O5. The van der Waals surface area contributed by atoms with Crippen LogP contribution in [0.5, 0.6) is 11.5 Å². The average molecular weight is 294 g/mol. The molecule has 1 atom stereocenters. The van der Waals surface area contributed by atoms with Crippen molar-refractivity contribution in [3.63, 3.8) is 0 Å². The monoisotopic (exact) mass is 294 g/mol. The largest absolute Gasteiger partial charge is 0.493 e. The highest BCUT2D eigenvalue weighted by molar-refractivity contribution is 5.87. The Balaban J connectivity index is 1.83. The molecule has 1 fully saturated rings. The van der Waals surface area contributed by atoms with Gasteiger partial charge in [-0.3, -0.25) is 4.79 Å². The third kappa shape index (κ3) is 3.77. The predicted molar refractivity (Wildman–Crippen MR) is 74.5 cm³/mol. The zero-order valence-corrected chi connectivity index (χ0v) is 12.0. The number of alkyl carbamates (subject to hydrolysis) is 1. The van der Waals surface area contributed by atoms with E-state index in [9.17, 15) is 9.59 Å². The van der Waals surface area contributed by atoms with Gasteiger partial charge in [0, 0.05) is 6.54 Å². The van der Waals surface area contributed by atoms with E-state index in [1.54, 1.807) is 14.2 Å². The summed E-state index contributed by atoms with van der Waals surface area (Å²) in [5.74, 6) is 1.07. The van der Waals surface area contributed by atoms with Crippen LogP contribution >= 0.6 is 0 Å². The van der Waals surface area contributed by atoms with Crippen LogP contribution in [-0.4, -0.2) is 45.4 Å². The lowest BCUT2D eigenvalue weighted by molar-refractivity contribution is -0.122. The second-order valence-electron chi connectivity index (χ2n) is 4.53. The van der Waals surface area contributed by atoms with Gasteiger partial charge < -0.3 is 24.8 Å². The summed E-state index contributed by atoms with van der Waals surface area (Å²) in [5, 5.41) is 5.18. The summed E-state index contributed by atoms with van der Waals surface area (Å²) >= 11 is 0. The maximum absolute atomic E-state index is 11.8. The molecule has 2 rings (SSSR count). The second kappa shape index (κ2) is 6.83. The van der Waals surface area contributed by atoms with E-state index in [1.165, 1.54) is 0 Å². The van der Waals surface area contributed by atoms with Crippen LogP contribution in [0.3, 0.4) is 0 Å². The first kappa shape index (κ1) is 15.0. The van der Waals surface area contributed by atoms with Gasteiger partial charge in [0.05, 0.1) is 14.2 Å². The lowest BCUT2D eigenvalue weighted by Crippen LogP contribution is -2.43. The Hall–Kier alpha value is -2.44. The number of methoxy groups -OCH3 is 2. The molecule has 1 saturated heterocycles. The van der Waals surface area contributed by atoms with Crippen molar-refractivity contribution < 1.29 is 23.8 Å². The van der Waals surface area contributed by atoms with Crippen molar-refractivity contribution in [3.8, 4) is 11.5 Å². The quantitative estimate of drug-likeness (QED) is 0.796. The van der Waals surface area contributed by atoms with Gasteiger partial charge in [-0.05, 0) is 24.1 Å². The smallest absolute Gasteiger partial charge is 0.407 e. The fraction of sp³-hybridized carbons (Fsp3) is 0.429. The number of rotatable bonds is 6. The first-order valence-electron chi connectivity index (χ1n) is 6.56. The SMILES string of the molecule is COc1ccc(CCNC(=O)C2COC(=O)N2)cc1OC. The van der Waals surface area contributed by atoms with Gasteiger partial charge in [-0.25, -0.2) is 4.79 Å². The minimum atomic E-state index is -0.608. The number of cyclic esters (lactones) is 1. The van der Waals surface area contributed by atoms with E-state index in [1.807, 2.05) is 18.2 Å². The first-order valence-corrected chi connectivity index (χ1v) is 6.56. The van der Waals surface area contributed by atoms with Crippen LogP contribution in [0, 0.1) is 0 Å². The zero-order chi connectivity index (χ0) is 15.2. The molecule has 1 aromatic rings. The molecular weight excluding hydrogens is 276 g/mol. The number of nitrogens with one attached hydrogen (secondary N) is 2. The van der Waals surface area contributed by atoms with Crippen LogP contribution in [0.2, 0.25) is 0 Å². The minimum Gasteiger partial charge on any atom is -0.493 e. The average Bonchev–Trinajstić information content (AvgIpc) is 2.93. The van der Waals surface area contributed by atoms with Crippen molar-refractivity contribution in [2.24, 2.45) is 0 Å². The molecule has 0 aliphatic carbocycles. The maximum Gasteiger partial charge on any atom is 0.407 e. The van der Waals surface area contributed by atoms with E-state index in [0.29, 0.717) is 24.5 Å². The first-order chi connectivity index (χ1) is 10.1. The number of benzene rings is 1. The van der Waals surface area contributed by atoms with Crippen LogP contribution in [0.4, 0.5) is 4.79 Å². The number of carbonyl (C=O) groups excluding carboxylic acids is 2. The Morgan fingerprint density at radius 1 is 1.38 bits per heavy atom. The molecule has 0 aromatic heterocycles. The summed E-state index contributed by atoms with van der Waals surface area (Å²) in [7, 11) is 3.15. The molecule has 0 saturated carbocycles. The van der Waals surface area contributed by atoms with Crippen molar-refractivity contribution in [2.75, 3.05) is 27.4 Å². The molecule has 7 nitrogen and oxygen atoms in total. The highest BCUT2D eigenvalue weighted by Gasteiger charge is 2.28. The molecule has 1 aliphatic heterocycles. The van der Waals surface area contributed by atoms with Crippen LogP contribution < -0.4 is 20.1 Å². The normalized spacial score (nSPS) is 16.9. The van der Waals surface area contributed by atoms with Gasteiger partial charge in [0.25, 0.3) is 0 Å². The van der Waals surface area contributed by atoms with Crippen molar-refractivity contribution in [2.45, 2.75) is 12.5 Å². The van der Waals surface area contributed by atoms with E-state index in [0.717, 1.165) is 5.56 Å². The van der Waals surface area contributed by atoms with Gasteiger partial charge in [0.1, 0.15) is 12.6 Å². The molecule has 2 N–H and O–H groups in total. The molecule has 1 aromatic carbocycles. The molecule has 1 unspecified atom stereocenters. The predicted octanol–water partition coefficient (Wildman–Crippen LogP) is 0.471. The van der Waals surface area contributed by atoms with Crippen molar-refractivity contribution in [1.29, 1.82) is 0 Å². The Bertz CT molecular complexity index is 532. The lowest BCUT2D eigenvalue weighted by Gasteiger charge is -2.11. The third-order valence-corrected chi connectivity index (χ3v) is 3.15. The van der Waals surface area contributed by atoms with Gasteiger partial charge in [-0.15, -0.1) is 0 Å². The van der Waals surface area contributed by atoms with Crippen molar-refractivity contribution >= 4 is 12.0 Å². The van der Waals surface area contributed by atoms with Crippen molar-refractivity contribution in [3.05, 3.63) is 23.8 Å². The fourth-order valence-corrected chi connectivity index (χ4v) is 2.02. The molecule has 0 spiro atoms. The summed E-state index contributed by atoms with van der Waals surface area (Å²) in [6.07, 6.45) is 0.0863. The zero-order valence-electron chi connectivity index (χ0n) is 12.0. The summed E-state index contributed by atoms with van der Waals surface area (Å²) in [4.78, 5) is 22.6. The standard InChI is InChI=1S/C14H18N2O5/c1-19-11-4-3-9(7-12(11)20-2)5-6-15-13(17)10-8-21-14(18)16-10/h3-4,7,10H,5-6,8H2,1-2H3,(H,15,17)(H,16,18). The maximum atomic E-state index is 11.8. The van der Waals surface area contributed by atoms with Gasteiger partial charge in [0.15, 0.2) is 11.5 Å². The van der Waals surface area contributed by atoms with E-state index in [4.69, 9.17) is 9.47 Å². The minimum absolute atomic E-state index is 0.0705. The lowest BCUT2D eigenvalue weighted by atomic mass is 10.1. The van der Waals surface area contributed by atoms with Crippen LogP contribution in [0.1, 0.15) is 5.56 Å². The van der Waals surface area contributed by atoms with Gasteiger partial charge in [-0.2, -0.15) is 0 Å². The number of amides is 2. The van der Waals surface area contributed by atoms with Crippen LogP contribution in [0.15, 0.2) is 18.2 Å². The van der Waals surface area contributed by atoms with Crippen molar-refractivity contribution in [1.82, 2.24) is 10.6 Å². The second-order valence-corrected chi connectivity index (χ2v) is 4.53. The molecule has 114 valence electrons. The van der Waals surface area contributed by atoms with Gasteiger partial charge in [-0.1, -0.05) is 6.07 Å². The molecule has 0 radical (unpaired) electrons. The highest BCUT2D eigenvalue weighted by atomic mass is 16.6. The summed E-state index contributed by atoms with van der Waals surface area (Å²) in [5.41, 5.74) is 1.01. The number of hydrogen-bond donors (Lipinski definition) is 2. The molecule has 21 heavy (non-hydrogen) atoms. The number of carbonyl (C=O) groups is 2. The van der Waals surface area contributed by atoms with E-state index in [-0.39, 0.29) is 12.5 Å². The molecule has 0 bridgehead atoms. The molecule has 1 aliphatic rings. The van der Waals surface area contributed by atoms with Crippen LogP contribution in [0.25, 0.3) is 0 Å². The molecule has 2 amide bonds. The molecule has 7 heteroatoms. The summed E-state index contributed by atoms with van der Waals surface area (Å²) in [6.45, 7) is 0.529. The molecule has 1 heterocycles. The number of ether oxygens (including phenoxy) is 3. The topological polar surface area (TPSA) is 85.9 Å². The Kier molecular flexibility index (Phi) is 4.86. The number of hydrogen-bond acceptors (Lipinski definition) is 5. The van der Waals surface area contributed by atoms with E-state index in [2.05, 4.69) is 15.4 Å². The Labute approximate surface area is 122 Å². The van der Waals surface area contributed by atoms with Gasteiger partial charge >= 0.3 is 6.09 Å². The van der Waals surface area contributed by atoms with Crippen LogP contribution in [-0.2, 0) is 16.0 Å². The Morgan fingerprint density at radius 3 is 2.76 bits per heavy atom. The van der Waals surface area contributed by atoms with E-state index < -0.39 is 12.1 Å². The summed E-state index contributed by atoms with van der Waals surface area (Å²) in [6, 6.07) is 4.99. The Morgan fingerprint density at radius 2 is 2.14 bits per heavy atom.